The Hall–Kier alpha value is -2.65. The lowest BCUT2D eigenvalue weighted by atomic mass is 9.90. The van der Waals surface area contributed by atoms with Crippen molar-refractivity contribution in [2.24, 2.45) is 0 Å². The van der Waals surface area contributed by atoms with E-state index in [1.54, 1.807) is 35.1 Å². The van der Waals surface area contributed by atoms with E-state index in [1.165, 1.54) is 0 Å². The summed E-state index contributed by atoms with van der Waals surface area (Å²) >= 11 is 3.46. The zero-order chi connectivity index (χ0) is 17.4. The number of nitriles is 1. The summed E-state index contributed by atoms with van der Waals surface area (Å²) in [4.78, 5) is 15.1. The highest BCUT2D eigenvalue weighted by molar-refractivity contribution is 9.10. The summed E-state index contributed by atoms with van der Waals surface area (Å²) in [7, 11) is 0. The van der Waals surface area contributed by atoms with Gasteiger partial charge >= 0.3 is 0 Å². The molecule has 6 heteroatoms. The van der Waals surface area contributed by atoms with Crippen molar-refractivity contribution in [3.05, 3.63) is 64.4 Å². The van der Waals surface area contributed by atoms with Crippen LogP contribution in [0, 0.1) is 11.3 Å². The van der Waals surface area contributed by atoms with E-state index in [-0.39, 0.29) is 11.9 Å². The van der Waals surface area contributed by atoms with E-state index in [0.29, 0.717) is 11.1 Å². The first-order valence-electron chi connectivity index (χ1n) is 8.14. The summed E-state index contributed by atoms with van der Waals surface area (Å²) in [5, 5.41) is 13.2. The molecule has 2 aromatic heterocycles. The van der Waals surface area contributed by atoms with Gasteiger partial charge in [0.15, 0.2) is 0 Å². The average molecular weight is 395 g/mol. The summed E-state index contributed by atoms with van der Waals surface area (Å²) < 4.78 is 2.59. The van der Waals surface area contributed by atoms with Gasteiger partial charge < -0.3 is 4.90 Å². The lowest BCUT2D eigenvalue weighted by molar-refractivity contribution is 0.0964. The number of hydrogen-bond donors (Lipinski definition) is 0. The first-order valence-corrected chi connectivity index (χ1v) is 8.93. The van der Waals surface area contributed by atoms with Crippen LogP contribution in [0.3, 0.4) is 0 Å². The Morgan fingerprint density at radius 1 is 1.28 bits per heavy atom. The molecule has 0 aliphatic heterocycles. The van der Waals surface area contributed by atoms with Crippen molar-refractivity contribution in [3.8, 4) is 6.07 Å². The van der Waals surface area contributed by atoms with Gasteiger partial charge in [-0.15, -0.1) is 0 Å². The third-order valence-electron chi connectivity index (χ3n) is 4.65. The predicted molar refractivity (Wildman–Crippen MR) is 98.5 cm³/mol. The molecule has 5 nitrogen and oxygen atoms in total. The largest absolute Gasteiger partial charge is 0.305 e. The number of aromatic nitrogens is 2. The van der Waals surface area contributed by atoms with Crippen LogP contribution in [0.15, 0.2) is 53.3 Å². The molecule has 124 valence electrons. The fourth-order valence-electron chi connectivity index (χ4n) is 3.06. The second-order valence-corrected chi connectivity index (χ2v) is 7.01. The minimum absolute atomic E-state index is 0.0231. The lowest BCUT2D eigenvalue weighted by Crippen LogP contribution is -2.44. The molecule has 2 heterocycles. The van der Waals surface area contributed by atoms with Crippen LogP contribution in [-0.2, 0) is 0 Å². The lowest BCUT2D eigenvalue weighted by Gasteiger charge is -2.37. The van der Waals surface area contributed by atoms with Crippen molar-refractivity contribution in [2.75, 3.05) is 4.90 Å². The van der Waals surface area contributed by atoms with E-state index in [4.69, 9.17) is 5.26 Å². The van der Waals surface area contributed by atoms with Crippen LogP contribution in [0.2, 0.25) is 0 Å². The van der Waals surface area contributed by atoms with Gasteiger partial charge in [-0.25, -0.2) is 4.52 Å². The molecule has 1 fully saturated rings. The maximum Gasteiger partial charge on any atom is 0.258 e. The smallest absolute Gasteiger partial charge is 0.258 e. The number of carbonyl (C=O) groups is 1. The first-order chi connectivity index (χ1) is 12.2. The van der Waals surface area contributed by atoms with Crippen molar-refractivity contribution in [1.29, 1.82) is 5.26 Å². The summed E-state index contributed by atoms with van der Waals surface area (Å²) in [6.45, 7) is 0. The first kappa shape index (κ1) is 15.9. The highest BCUT2D eigenvalue weighted by atomic mass is 79.9. The van der Waals surface area contributed by atoms with E-state index >= 15 is 0 Å². The molecule has 4 rings (SSSR count). The number of anilines is 1. The highest BCUT2D eigenvalue weighted by Gasteiger charge is 2.31. The number of carbonyl (C=O) groups excluding carboxylic acids is 1. The molecule has 1 amide bonds. The molecule has 0 bridgehead atoms. The predicted octanol–water partition coefficient (Wildman–Crippen LogP) is 4.17. The van der Waals surface area contributed by atoms with Crippen molar-refractivity contribution >= 4 is 33.0 Å². The average Bonchev–Trinajstić information content (AvgIpc) is 2.98. The van der Waals surface area contributed by atoms with Crippen LogP contribution in [0.1, 0.15) is 35.2 Å². The molecule has 1 aliphatic rings. The van der Waals surface area contributed by atoms with Gasteiger partial charge in [0.25, 0.3) is 5.91 Å². The van der Waals surface area contributed by atoms with Gasteiger partial charge in [-0.2, -0.15) is 10.4 Å². The zero-order valence-corrected chi connectivity index (χ0v) is 15.0. The van der Waals surface area contributed by atoms with Crippen LogP contribution >= 0.6 is 15.9 Å². The Bertz CT molecular complexity index is 983. The second-order valence-electron chi connectivity index (χ2n) is 6.16. The molecule has 0 atom stereocenters. The second kappa shape index (κ2) is 6.34. The van der Waals surface area contributed by atoms with Crippen molar-refractivity contribution in [1.82, 2.24) is 9.61 Å². The summed E-state index contributed by atoms with van der Waals surface area (Å²) in [5.74, 6) is -0.0231. The topological polar surface area (TPSA) is 61.4 Å². The number of nitrogens with zero attached hydrogens (tertiary/aromatic N) is 4. The van der Waals surface area contributed by atoms with E-state index in [0.717, 1.165) is 34.9 Å². The third kappa shape index (κ3) is 2.81. The van der Waals surface area contributed by atoms with Crippen LogP contribution in [0.25, 0.3) is 5.52 Å². The normalized spacial score (nSPS) is 14.1. The Kier molecular flexibility index (Phi) is 4.02. The van der Waals surface area contributed by atoms with Gasteiger partial charge in [-0.1, -0.05) is 0 Å². The Morgan fingerprint density at radius 2 is 2.04 bits per heavy atom. The Labute approximate surface area is 153 Å². The van der Waals surface area contributed by atoms with Crippen LogP contribution in [0.4, 0.5) is 5.69 Å². The number of fused-ring (bicyclic) bond motifs is 1. The summed E-state index contributed by atoms with van der Waals surface area (Å²) in [5.41, 5.74) is 2.92. The zero-order valence-electron chi connectivity index (χ0n) is 13.4. The van der Waals surface area contributed by atoms with Crippen LogP contribution < -0.4 is 4.90 Å². The van der Waals surface area contributed by atoms with E-state index in [1.807, 2.05) is 23.1 Å². The maximum absolute atomic E-state index is 13.2. The molecular formula is C19H15BrN4O. The standard InChI is InChI=1S/C19H15BrN4O/c20-17-12-22-23-9-8-14(10-18(17)23)19(25)24(15-2-1-3-15)16-6-4-13(11-21)5-7-16/h4-10,12,15H,1-3H2. The van der Waals surface area contributed by atoms with E-state index in [2.05, 4.69) is 27.1 Å². The van der Waals surface area contributed by atoms with Gasteiger partial charge in [0.05, 0.1) is 27.8 Å². The van der Waals surface area contributed by atoms with Gasteiger partial charge in [0.2, 0.25) is 0 Å². The van der Waals surface area contributed by atoms with E-state index in [9.17, 15) is 4.79 Å². The Balaban J connectivity index is 1.73. The van der Waals surface area contributed by atoms with Crippen molar-refractivity contribution < 1.29 is 4.79 Å². The maximum atomic E-state index is 13.2. The molecular weight excluding hydrogens is 380 g/mol. The Morgan fingerprint density at radius 3 is 2.68 bits per heavy atom. The van der Waals surface area contributed by atoms with Gasteiger partial charge in [-0.05, 0) is 71.6 Å². The molecule has 25 heavy (non-hydrogen) atoms. The minimum atomic E-state index is -0.0231. The van der Waals surface area contributed by atoms with Gasteiger partial charge in [-0.3, -0.25) is 4.79 Å². The molecule has 1 saturated carbocycles. The monoisotopic (exact) mass is 394 g/mol. The number of amides is 1. The quantitative estimate of drug-likeness (QED) is 0.669. The summed E-state index contributed by atoms with van der Waals surface area (Å²) in [6, 6.07) is 13.2. The fraction of sp³-hybridized carbons (Fsp3) is 0.211. The molecule has 0 unspecified atom stereocenters. The number of rotatable bonds is 3. The number of halogens is 1. The molecule has 0 saturated heterocycles. The molecule has 0 radical (unpaired) electrons. The van der Waals surface area contributed by atoms with Crippen molar-refractivity contribution in [2.45, 2.75) is 25.3 Å². The summed E-state index contributed by atoms with van der Waals surface area (Å²) in [6.07, 6.45) is 6.66. The molecule has 0 spiro atoms. The SMILES string of the molecule is N#Cc1ccc(N(C(=O)c2ccn3ncc(Br)c3c2)C2CCC2)cc1. The number of pyridine rings is 1. The fourth-order valence-corrected chi connectivity index (χ4v) is 3.45. The van der Waals surface area contributed by atoms with E-state index < -0.39 is 0 Å². The van der Waals surface area contributed by atoms with Crippen LogP contribution in [-0.4, -0.2) is 21.6 Å². The highest BCUT2D eigenvalue weighted by Crippen LogP contribution is 2.31. The number of hydrogen-bond acceptors (Lipinski definition) is 3. The minimum Gasteiger partial charge on any atom is -0.305 e. The third-order valence-corrected chi connectivity index (χ3v) is 5.27. The van der Waals surface area contributed by atoms with Crippen LogP contribution in [0.5, 0.6) is 0 Å². The molecule has 1 aliphatic carbocycles. The molecule has 0 N–H and O–H groups in total. The molecule has 3 aromatic rings. The van der Waals surface area contributed by atoms with Gasteiger partial charge in [0, 0.05) is 23.5 Å². The van der Waals surface area contributed by atoms with Gasteiger partial charge in [0.1, 0.15) is 0 Å². The number of benzene rings is 1. The van der Waals surface area contributed by atoms with Crippen molar-refractivity contribution in [3.63, 3.8) is 0 Å². The molecule has 1 aromatic carbocycles.